The highest BCUT2D eigenvalue weighted by molar-refractivity contribution is 6.25. The van der Waals surface area contributed by atoms with E-state index in [9.17, 15) is 0 Å². The molecule has 0 saturated carbocycles. The van der Waals surface area contributed by atoms with Gasteiger partial charge >= 0.3 is 0 Å². The highest BCUT2D eigenvalue weighted by Crippen LogP contribution is 2.39. The van der Waals surface area contributed by atoms with Crippen LogP contribution in [0.3, 0.4) is 0 Å². The largest absolute Gasteiger partial charge is 0.253 e. The Morgan fingerprint density at radius 3 is 1.67 bits per heavy atom. The van der Waals surface area contributed by atoms with Gasteiger partial charge in [0.2, 0.25) is 0 Å². The van der Waals surface area contributed by atoms with Crippen LogP contribution in [-0.2, 0) is 0 Å². The monoisotopic (exact) mass is 548 g/mol. The molecule has 2 heterocycles. The number of aromatic nitrogens is 4. The number of benzene rings is 7. The second-order valence-electron chi connectivity index (χ2n) is 10.9. The van der Waals surface area contributed by atoms with Crippen molar-refractivity contribution in [3.63, 3.8) is 0 Å². The van der Waals surface area contributed by atoms with Gasteiger partial charge in [0.15, 0.2) is 5.82 Å². The summed E-state index contributed by atoms with van der Waals surface area (Å²) in [4.78, 5) is 10.0. The number of nitrogens with zero attached hydrogens (tertiary/aromatic N) is 4. The summed E-state index contributed by atoms with van der Waals surface area (Å²) in [6.07, 6.45) is 0. The zero-order chi connectivity index (χ0) is 28.3. The molecule has 0 spiro atoms. The molecular weight excluding hydrogens is 524 g/mol. The first kappa shape index (κ1) is 23.8. The molecule has 9 aromatic rings. The number of rotatable bonds is 3. The van der Waals surface area contributed by atoms with Gasteiger partial charge in [-0.25, -0.2) is 4.98 Å². The van der Waals surface area contributed by atoms with Crippen LogP contribution in [0.5, 0.6) is 0 Å². The van der Waals surface area contributed by atoms with Gasteiger partial charge in [-0.2, -0.15) is 9.50 Å². The fourth-order valence-corrected chi connectivity index (χ4v) is 6.49. The standard InChI is InChI=1S/C39H24N4/c1-2-12-25(13-3-1)37-34-20-10-11-21-36(34)43-39(40-37)41-38(42-43)33-19-9-4-14-27(33)26-22-23-32-30-17-6-5-15-28(30)29-16-7-8-18-31(29)35(32)24-26/h1-24H. The second kappa shape index (κ2) is 9.33. The number of hydrogen-bond donors (Lipinski definition) is 0. The van der Waals surface area contributed by atoms with Crippen LogP contribution >= 0.6 is 0 Å². The summed E-state index contributed by atoms with van der Waals surface area (Å²) in [7, 11) is 0. The molecular formula is C39H24N4. The van der Waals surface area contributed by atoms with E-state index in [0.717, 1.165) is 38.9 Å². The molecule has 2 aromatic heterocycles. The Morgan fingerprint density at radius 2 is 0.953 bits per heavy atom. The molecule has 7 aromatic carbocycles. The lowest BCUT2D eigenvalue weighted by atomic mass is 9.91. The van der Waals surface area contributed by atoms with E-state index in [1.165, 1.54) is 32.3 Å². The topological polar surface area (TPSA) is 43.1 Å². The Hall–Kier alpha value is -5.87. The van der Waals surface area contributed by atoms with Gasteiger partial charge in [-0.15, -0.1) is 5.10 Å². The minimum atomic E-state index is 0.582. The summed E-state index contributed by atoms with van der Waals surface area (Å²) in [5, 5.41) is 13.6. The van der Waals surface area contributed by atoms with E-state index >= 15 is 0 Å². The maximum atomic E-state index is 5.03. The first-order valence-electron chi connectivity index (χ1n) is 14.5. The Labute approximate surface area is 247 Å². The van der Waals surface area contributed by atoms with Gasteiger partial charge in [0, 0.05) is 16.5 Å². The molecule has 0 aliphatic rings. The molecule has 0 fully saturated rings. The average Bonchev–Trinajstić information content (AvgIpc) is 3.53. The molecule has 0 bridgehead atoms. The SMILES string of the molecule is c1ccc(-c2nc3nc(-c4ccccc4-c4ccc5c6ccccc6c6ccccc6c5c4)nn3c3ccccc23)cc1. The van der Waals surface area contributed by atoms with Gasteiger partial charge in [-0.1, -0.05) is 133 Å². The second-order valence-corrected chi connectivity index (χ2v) is 10.9. The summed E-state index contributed by atoms with van der Waals surface area (Å²) in [5.74, 6) is 1.24. The minimum Gasteiger partial charge on any atom is -0.210 e. The van der Waals surface area contributed by atoms with Crippen LogP contribution in [0, 0.1) is 0 Å². The van der Waals surface area contributed by atoms with Crippen LogP contribution in [0.4, 0.5) is 0 Å². The predicted molar refractivity (Wildman–Crippen MR) is 177 cm³/mol. The lowest BCUT2D eigenvalue weighted by Crippen LogP contribution is -1.97. The zero-order valence-corrected chi connectivity index (χ0v) is 23.1. The molecule has 200 valence electrons. The Bertz CT molecular complexity index is 2480. The van der Waals surface area contributed by atoms with Gasteiger partial charge in [0.25, 0.3) is 5.78 Å². The number of hydrogen-bond acceptors (Lipinski definition) is 3. The smallest absolute Gasteiger partial charge is 0.210 e. The van der Waals surface area contributed by atoms with Crippen molar-refractivity contribution >= 4 is 49.0 Å². The van der Waals surface area contributed by atoms with Crippen LogP contribution in [0.25, 0.3) is 82.8 Å². The molecule has 0 N–H and O–H groups in total. The fraction of sp³-hybridized carbons (Fsp3) is 0. The van der Waals surface area contributed by atoms with Crippen LogP contribution in [0.2, 0.25) is 0 Å². The highest BCUT2D eigenvalue weighted by Gasteiger charge is 2.18. The molecule has 0 saturated heterocycles. The Balaban J connectivity index is 1.27. The van der Waals surface area contributed by atoms with Crippen molar-refractivity contribution in [2.75, 3.05) is 0 Å². The first-order valence-corrected chi connectivity index (χ1v) is 14.5. The molecule has 0 unspecified atom stereocenters. The summed E-state index contributed by atoms with van der Waals surface area (Å²) in [5.41, 5.74) is 6.14. The Kier molecular flexibility index (Phi) is 5.16. The maximum Gasteiger partial charge on any atom is 0.253 e. The van der Waals surface area contributed by atoms with E-state index in [0.29, 0.717) is 11.6 Å². The molecule has 43 heavy (non-hydrogen) atoms. The van der Waals surface area contributed by atoms with Gasteiger partial charge in [0.1, 0.15) is 0 Å². The minimum absolute atomic E-state index is 0.582. The maximum absolute atomic E-state index is 5.03. The van der Waals surface area contributed by atoms with Crippen LogP contribution in [0.15, 0.2) is 146 Å². The van der Waals surface area contributed by atoms with Crippen molar-refractivity contribution in [2.24, 2.45) is 0 Å². The molecule has 0 aliphatic carbocycles. The first-order chi connectivity index (χ1) is 21.3. The molecule has 4 nitrogen and oxygen atoms in total. The lowest BCUT2D eigenvalue weighted by Gasteiger charge is -2.13. The van der Waals surface area contributed by atoms with Gasteiger partial charge in [0.05, 0.1) is 11.2 Å². The van der Waals surface area contributed by atoms with Crippen molar-refractivity contribution in [3.05, 3.63) is 146 Å². The van der Waals surface area contributed by atoms with Crippen molar-refractivity contribution in [1.82, 2.24) is 19.6 Å². The summed E-state index contributed by atoms with van der Waals surface area (Å²) >= 11 is 0. The van der Waals surface area contributed by atoms with Crippen molar-refractivity contribution in [3.8, 4) is 33.8 Å². The van der Waals surface area contributed by atoms with Crippen LogP contribution in [-0.4, -0.2) is 19.6 Å². The van der Waals surface area contributed by atoms with Crippen molar-refractivity contribution < 1.29 is 0 Å². The fourth-order valence-electron chi connectivity index (χ4n) is 6.49. The van der Waals surface area contributed by atoms with E-state index in [4.69, 9.17) is 15.1 Å². The number of para-hydroxylation sites is 1. The average molecular weight is 549 g/mol. The normalized spacial score (nSPS) is 11.7. The van der Waals surface area contributed by atoms with E-state index < -0.39 is 0 Å². The Morgan fingerprint density at radius 1 is 0.395 bits per heavy atom. The predicted octanol–water partition coefficient (Wildman–Crippen LogP) is 9.74. The zero-order valence-electron chi connectivity index (χ0n) is 23.1. The van der Waals surface area contributed by atoms with Crippen LogP contribution in [0.1, 0.15) is 0 Å². The van der Waals surface area contributed by atoms with E-state index in [1.807, 2.05) is 34.8 Å². The van der Waals surface area contributed by atoms with E-state index in [-0.39, 0.29) is 0 Å². The van der Waals surface area contributed by atoms with E-state index in [1.54, 1.807) is 0 Å². The molecule has 0 aliphatic heterocycles. The molecule has 0 atom stereocenters. The lowest BCUT2D eigenvalue weighted by molar-refractivity contribution is 0.989. The third-order valence-electron chi connectivity index (χ3n) is 8.46. The quantitative estimate of drug-likeness (QED) is 0.206. The van der Waals surface area contributed by atoms with Crippen molar-refractivity contribution in [1.29, 1.82) is 0 Å². The van der Waals surface area contributed by atoms with Gasteiger partial charge in [-0.05, 0) is 55.6 Å². The molecule has 4 heteroatoms. The molecule has 0 amide bonds. The summed E-state index contributed by atoms with van der Waals surface area (Å²) in [6.45, 7) is 0. The summed E-state index contributed by atoms with van der Waals surface area (Å²) in [6, 6.07) is 51.1. The van der Waals surface area contributed by atoms with E-state index in [2.05, 4.69) is 115 Å². The van der Waals surface area contributed by atoms with Crippen LogP contribution < -0.4 is 0 Å². The third kappa shape index (κ3) is 3.67. The van der Waals surface area contributed by atoms with Crippen molar-refractivity contribution in [2.45, 2.75) is 0 Å². The summed E-state index contributed by atoms with van der Waals surface area (Å²) < 4.78 is 1.87. The van der Waals surface area contributed by atoms with Gasteiger partial charge < -0.3 is 0 Å². The third-order valence-corrected chi connectivity index (χ3v) is 8.46. The molecule has 9 rings (SSSR count). The highest BCUT2D eigenvalue weighted by atomic mass is 15.3. The van der Waals surface area contributed by atoms with Gasteiger partial charge in [-0.3, -0.25) is 0 Å². The molecule has 0 radical (unpaired) electrons. The number of fused-ring (bicyclic) bond motifs is 9.